The van der Waals surface area contributed by atoms with E-state index in [1.807, 2.05) is 20.8 Å². The van der Waals surface area contributed by atoms with Crippen LogP contribution >= 0.6 is 0 Å². The summed E-state index contributed by atoms with van der Waals surface area (Å²) in [5, 5.41) is 9.99. The van der Waals surface area contributed by atoms with Gasteiger partial charge in [0.05, 0.1) is 0 Å². The molecule has 6 nitrogen and oxygen atoms in total. The van der Waals surface area contributed by atoms with Crippen LogP contribution in [0.5, 0.6) is 5.75 Å². The number of primary amides is 1. The Morgan fingerprint density at radius 2 is 1.89 bits per heavy atom. The van der Waals surface area contributed by atoms with Crippen molar-refractivity contribution >= 4 is 12.1 Å². The summed E-state index contributed by atoms with van der Waals surface area (Å²) in [6.07, 6.45) is 4.53. The zero-order valence-electron chi connectivity index (χ0n) is 16.5. The van der Waals surface area contributed by atoms with E-state index < -0.39 is 17.8 Å². The number of ether oxygens (including phenoxy) is 2. The quantitative estimate of drug-likeness (QED) is 0.717. The van der Waals surface area contributed by atoms with E-state index in [9.17, 15) is 14.7 Å². The topological polar surface area (TPSA) is 98.8 Å². The minimum Gasteiger partial charge on any atom is -0.508 e. The maximum absolute atomic E-state index is 12.1. The summed E-state index contributed by atoms with van der Waals surface area (Å²) in [4.78, 5) is 23.6. The molecule has 150 valence electrons. The van der Waals surface area contributed by atoms with Crippen molar-refractivity contribution in [2.24, 2.45) is 11.7 Å². The highest BCUT2D eigenvalue weighted by molar-refractivity contribution is 5.70. The van der Waals surface area contributed by atoms with Gasteiger partial charge < -0.3 is 20.3 Å². The number of carbonyl (C=O) groups is 2. The maximum Gasteiger partial charge on any atom is 0.405 e. The average molecular weight is 377 g/mol. The minimum atomic E-state index is -0.827. The first-order valence-electron chi connectivity index (χ1n) is 9.65. The predicted octanol–water partition coefficient (Wildman–Crippen LogP) is 4.38. The second-order valence-corrected chi connectivity index (χ2v) is 8.23. The minimum absolute atomic E-state index is 0.0971. The smallest absolute Gasteiger partial charge is 0.405 e. The van der Waals surface area contributed by atoms with E-state index in [0.717, 1.165) is 36.8 Å². The Hall–Kier alpha value is -2.24. The van der Waals surface area contributed by atoms with Gasteiger partial charge in [-0.3, -0.25) is 4.79 Å². The van der Waals surface area contributed by atoms with Gasteiger partial charge in [-0.2, -0.15) is 0 Å². The Labute approximate surface area is 161 Å². The van der Waals surface area contributed by atoms with Crippen molar-refractivity contribution in [2.45, 2.75) is 77.4 Å². The molecule has 6 heteroatoms. The Morgan fingerprint density at radius 1 is 1.22 bits per heavy atom. The number of hydrogen-bond acceptors (Lipinski definition) is 5. The van der Waals surface area contributed by atoms with E-state index in [4.69, 9.17) is 15.2 Å². The van der Waals surface area contributed by atoms with Crippen molar-refractivity contribution in [2.75, 3.05) is 0 Å². The normalized spacial score (nSPS) is 16.6. The van der Waals surface area contributed by atoms with E-state index in [2.05, 4.69) is 0 Å². The lowest BCUT2D eigenvalue weighted by atomic mass is 9.81. The van der Waals surface area contributed by atoms with Crippen molar-refractivity contribution in [3.8, 4) is 5.75 Å². The molecule has 3 N–H and O–H groups in total. The molecule has 0 spiro atoms. The monoisotopic (exact) mass is 377 g/mol. The highest BCUT2D eigenvalue weighted by atomic mass is 16.6. The van der Waals surface area contributed by atoms with Crippen molar-refractivity contribution in [1.29, 1.82) is 0 Å². The van der Waals surface area contributed by atoms with E-state index in [1.165, 1.54) is 6.42 Å². The fraction of sp³-hybridized carbons (Fsp3) is 0.619. The van der Waals surface area contributed by atoms with Crippen LogP contribution in [0.15, 0.2) is 18.2 Å². The third kappa shape index (κ3) is 6.77. The van der Waals surface area contributed by atoms with E-state index >= 15 is 0 Å². The molecule has 0 bridgehead atoms. The van der Waals surface area contributed by atoms with Crippen molar-refractivity contribution in [3.63, 3.8) is 0 Å². The SMILES string of the molecule is CC(C)(C)OC(=O)CCc1ccc(O)cc1C(OC(N)=O)C1CCCCC1. The Balaban J connectivity index is 2.22. The highest BCUT2D eigenvalue weighted by Gasteiger charge is 2.30. The molecule has 1 aliphatic rings. The molecule has 1 aromatic carbocycles. The number of aromatic hydroxyl groups is 1. The first-order valence-corrected chi connectivity index (χ1v) is 9.65. The molecule has 2 rings (SSSR count). The largest absolute Gasteiger partial charge is 0.508 e. The van der Waals surface area contributed by atoms with Crippen LogP contribution in [0.2, 0.25) is 0 Å². The number of phenols is 1. The average Bonchev–Trinajstić information content (AvgIpc) is 2.57. The fourth-order valence-electron chi connectivity index (χ4n) is 3.68. The number of benzene rings is 1. The molecule has 1 fully saturated rings. The Kier molecular flexibility index (Phi) is 7.11. The number of esters is 1. The second-order valence-electron chi connectivity index (χ2n) is 8.23. The van der Waals surface area contributed by atoms with Crippen LogP contribution in [0, 0.1) is 5.92 Å². The number of hydrogen-bond donors (Lipinski definition) is 2. The van der Waals surface area contributed by atoms with Crippen LogP contribution < -0.4 is 5.73 Å². The molecule has 0 aliphatic heterocycles. The molecule has 0 radical (unpaired) electrons. The zero-order chi connectivity index (χ0) is 20.0. The van der Waals surface area contributed by atoms with Gasteiger partial charge in [0.15, 0.2) is 0 Å². The van der Waals surface area contributed by atoms with E-state index in [-0.39, 0.29) is 24.1 Å². The van der Waals surface area contributed by atoms with Crippen LogP contribution in [-0.2, 0) is 20.7 Å². The van der Waals surface area contributed by atoms with Gasteiger partial charge in [-0.1, -0.05) is 25.3 Å². The lowest BCUT2D eigenvalue weighted by Gasteiger charge is -2.31. The van der Waals surface area contributed by atoms with Gasteiger partial charge in [0, 0.05) is 12.3 Å². The molecule has 1 aromatic rings. The van der Waals surface area contributed by atoms with Crippen LogP contribution in [-0.4, -0.2) is 22.8 Å². The van der Waals surface area contributed by atoms with Crippen molar-refractivity contribution in [1.82, 2.24) is 0 Å². The summed E-state index contributed by atoms with van der Waals surface area (Å²) < 4.78 is 10.8. The summed E-state index contributed by atoms with van der Waals surface area (Å²) in [7, 11) is 0. The number of phenolic OH excluding ortho intramolecular Hbond substituents is 1. The zero-order valence-corrected chi connectivity index (χ0v) is 16.5. The van der Waals surface area contributed by atoms with Gasteiger partial charge in [-0.25, -0.2) is 4.79 Å². The van der Waals surface area contributed by atoms with Crippen molar-refractivity contribution < 1.29 is 24.2 Å². The molecular formula is C21H31NO5. The molecule has 1 saturated carbocycles. The standard InChI is InChI=1S/C21H31NO5/c1-21(2,3)27-18(24)12-10-14-9-11-16(23)13-17(14)19(26-20(22)25)15-7-5-4-6-8-15/h9,11,13,15,19,23H,4-8,10,12H2,1-3H3,(H2,22,25). The summed E-state index contributed by atoms with van der Waals surface area (Å²) >= 11 is 0. The third-order valence-electron chi connectivity index (χ3n) is 4.78. The molecular weight excluding hydrogens is 346 g/mol. The van der Waals surface area contributed by atoms with Crippen LogP contribution in [0.3, 0.4) is 0 Å². The first-order chi connectivity index (χ1) is 12.7. The van der Waals surface area contributed by atoms with Crippen LogP contribution in [0.25, 0.3) is 0 Å². The van der Waals surface area contributed by atoms with Gasteiger partial charge in [0.1, 0.15) is 17.5 Å². The maximum atomic E-state index is 12.1. The molecule has 27 heavy (non-hydrogen) atoms. The number of carbonyl (C=O) groups excluding carboxylic acids is 2. The van der Waals surface area contributed by atoms with Gasteiger partial charge >= 0.3 is 12.1 Å². The number of rotatable bonds is 6. The number of amides is 1. The lowest BCUT2D eigenvalue weighted by molar-refractivity contribution is -0.154. The van der Waals surface area contributed by atoms with Gasteiger partial charge in [0.2, 0.25) is 0 Å². The Morgan fingerprint density at radius 3 is 2.48 bits per heavy atom. The highest BCUT2D eigenvalue weighted by Crippen LogP contribution is 2.39. The van der Waals surface area contributed by atoms with Gasteiger partial charge in [-0.15, -0.1) is 0 Å². The van der Waals surface area contributed by atoms with Crippen LogP contribution in [0.4, 0.5) is 4.79 Å². The third-order valence-corrected chi connectivity index (χ3v) is 4.78. The predicted molar refractivity (Wildman–Crippen MR) is 102 cm³/mol. The lowest BCUT2D eigenvalue weighted by Crippen LogP contribution is -2.26. The summed E-state index contributed by atoms with van der Waals surface area (Å²) in [6.45, 7) is 5.49. The second kappa shape index (κ2) is 9.11. The Bertz CT molecular complexity index is 659. The number of aryl methyl sites for hydroxylation is 1. The summed E-state index contributed by atoms with van der Waals surface area (Å²) in [6, 6.07) is 4.97. The van der Waals surface area contributed by atoms with E-state index in [0.29, 0.717) is 6.42 Å². The van der Waals surface area contributed by atoms with Gasteiger partial charge in [-0.05, 0) is 63.3 Å². The molecule has 1 amide bonds. The van der Waals surface area contributed by atoms with E-state index in [1.54, 1.807) is 18.2 Å². The molecule has 1 aliphatic carbocycles. The molecule has 1 atom stereocenters. The van der Waals surface area contributed by atoms with Crippen LogP contribution in [0.1, 0.15) is 76.5 Å². The number of nitrogens with two attached hydrogens (primary N) is 1. The molecule has 0 saturated heterocycles. The molecule has 0 aromatic heterocycles. The summed E-state index contributed by atoms with van der Waals surface area (Å²) in [5.41, 5.74) is 6.37. The van der Waals surface area contributed by atoms with Crippen molar-refractivity contribution in [3.05, 3.63) is 29.3 Å². The van der Waals surface area contributed by atoms with Gasteiger partial charge in [0.25, 0.3) is 0 Å². The fourth-order valence-corrected chi connectivity index (χ4v) is 3.68. The first kappa shape index (κ1) is 21.1. The summed E-state index contributed by atoms with van der Waals surface area (Å²) in [5.74, 6) is -0.0280. The molecule has 0 heterocycles. The molecule has 1 unspecified atom stereocenters.